The first-order valence-corrected chi connectivity index (χ1v) is 6.48. The molecule has 1 aromatic rings. The van der Waals surface area contributed by atoms with Crippen LogP contribution in [0.15, 0.2) is 0 Å². The number of nitrogens with zero attached hydrogens (tertiary/aromatic N) is 2. The van der Waals surface area contributed by atoms with E-state index in [1.54, 1.807) is 4.57 Å². The van der Waals surface area contributed by atoms with E-state index in [1.807, 2.05) is 13.8 Å². The van der Waals surface area contributed by atoms with Crippen LogP contribution in [0.4, 0.5) is 0 Å². The molecule has 0 fully saturated rings. The number of aliphatic hydroxyl groups is 1. The van der Waals surface area contributed by atoms with E-state index in [0.717, 1.165) is 6.42 Å². The maximum Gasteiger partial charge on any atom is 0.252 e. The lowest BCUT2D eigenvalue weighted by Gasteiger charge is -2.21. The topological polar surface area (TPSA) is 82.9 Å². The van der Waals surface area contributed by atoms with E-state index in [4.69, 9.17) is 12.2 Å². The standard InChI is InChI=1S/C11H20N4O2S/c1-4-6-11(3,17)9(16)12-7-8-13-14-10(18)15(8)5-2/h17H,4-7H2,1-3H3,(H,12,16)(H,14,18)/t11-/m0/s1. The van der Waals surface area contributed by atoms with Gasteiger partial charge in [-0.25, -0.2) is 0 Å². The van der Waals surface area contributed by atoms with Crippen LogP contribution in [0.5, 0.6) is 0 Å². The number of nitrogens with one attached hydrogen (secondary N) is 2. The van der Waals surface area contributed by atoms with Crippen LogP contribution in [0.25, 0.3) is 0 Å². The second-order valence-corrected chi connectivity index (χ2v) is 4.78. The molecular formula is C11H20N4O2S. The normalized spacial score (nSPS) is 14.2. The quantitative estimate of drug-likeness (QED) is 0.678. The summed E-state index contributed by atoms with van der Waals surface area (Å²) >= 11 is 5.05. The summed E-state index contributed by atoms with van der Waals surface area (Å²) in [6, 6.07) is 0. The van der Waals surface area contributed by atoms with Gasteiger partial charge in [0.2, 0.25) is 0 Å². The summed E-state index contributed by atoms with van der Waals surface area (Å²) < 4.78 is 2.33. The van der Waals surface area contributed by atoms with Crippen LogP contribution in [0.3, 0.4) is 0 Å². The predicted molar refractivity (Wildman–Crippen MR) is 70.5 cm³/mol. The molecule has 1 heterocycles. The van der Waals surface area contributed by atoms with Crippen molar-refractivity contribution in [2.75, 3.05) is 0 Å². The number of rotatable bonds is 6. The SMILES string of the molecule is CCC[C@](C)(O)C(=O)NCc1n[nH]c(=S)n1CC. The van der Waals surface area contributed by atoms with Crippen molar-refractivity contribution >= 4 is 18.1 Å². The fourth-order valence-electron chi connectivity index (χ4n) is 1.76. The maximum absolute atomic E-state index is 11.8. The number of carbonyl (C=O) groups is 1. The van der Waals surface area contributed by atoms with Crippen LogP contribution in [0.1, 0.15) is 39.4 Å². The number of aromatic nitrogens is 3. The predicted octanol–water partition coefficient (Wildman–Crippen LogP) is 1.13. The molecule has 0 unspecified atom stereocenters. The lowest BCUT2D eigenvalue weighted by atomic mass is 10.00. The molecule has 6 nitrogen and oxygen atoms in total. The highest BCUT2D eigenvalue weighted by Gasteiger charge is 2.28. The van der Waals surface area contributed by atoms with E-state index >= 15 is 0 Å². The number of hydrogen-bond acceptors (Lipinski definition) is 4. The lowest BCUT2D eigenvalue weighted by Crippen LogP contribution is -2.44. The van der Waals surface area contributed by atoms with Crippen LogP contribution in [-0.4, -0.2) is 31.4 Å². The molecule has 0 aliphatic heterocycles. The average molecular weight is 272 g/mol. The van der Waals surface area contributed by atoms with E-state index in [-0.39, 0.29) is 12.5 Å². The highest BCUT2D eigenvalue weighted by molar-refractivity contribution is 7.71. The summed E-state index contributed by atoms with van der Waals surface area (Å²) in [5.74, 6) is 0.268. The third-order valence-electron chi connectivity index (χ3n) is 2.79. The van der Waals surface area contributed by atoms with Gasteiger partial charge in [0.1, 0.15) is 5.60 Å². The van der Waals surface area contributed by atoms with E-state index < -0.39 is 5.60 Å². The maximum atomic E-state index is 11.8. The Kier molecular flexibility index (Phi) is 5.03. The van der Waals surface area contributed by atoms with Crippen LogP contribution in [0, 0.1) is 4.77 Å². The fraction of sp³-hybridized carbons (Fsp3) is 0.727. The fourth-order valence-corrected chi connectivity index (χ4v) is 2.04. The van der Waals surface area contributed by atoms with Crippen LogP contribution in [-0.2, 0) is 17.9 Å². The molecule has 0 aliphatic carbocycles. The minimum absolute atomic E-state index is 0.250. The van der Waals surface area contributed by atoms with Gasteiger partial charge in [0.25, 0.3) is 5.91 Å². The van der Waals surface area contributed by atoms with Gasteiger partial charge < -0.3 is 15.0 Å². The summed E-state index contributed by atoms with van der Waals surface area (Å²) in [5.41, 5.74) is -1.33. The summed E-state index contributed by atoms with van der Waals surface area (Å²) in [6.07, 6.45) is 1.17. The molecule has 1 aromatic heterocycles. The molecule has 0 spiro atoms. The van der Waals surface area contributed by atoms with Gasteiger partial charge in [-0.1, -0.05) is 13.3 Å². The third-order valence-corrected chi connectivity index (χ3v) is 3.10. The zero-order valence-electron chi connectivity index (χ0n) is 11.0. The number of H-pyrrole nitrogens is 1. The lowest BCUT2D eigenvalue weighted by molar-refractivity contribution is -0.138. The Balaban J connectivity index is 2.65. The van der Waals surface area contributed by atoms with Crippen molar-refractivity contribution in [1.29, 1.82) is 0 Å². The van der Waals surface area contributed by atoms with Crippen molar-refractivity contribution < 1.29 is 9.90 Å². The van der Waals surface area contributed by atoms with Gasteiger partial charge in [-0.2, -0.15) is 5.10 Å². The molecule has 1 atom stereocenters. The van der Waals surface area contributed by atoms with E-state index in [9.17, 15) is 9.90 Å². The zero-order valence-corrected chi connectivity index (χ0v) is 11.8. The molecule has 0 radical (unpaired) electrons. The summed E-state index contributed by atoms with van der Waals surface area (Å²) in [6.45, 7) is 6.32. The number of hydrogen-bond donors (Lipinski definition) is 3. The molecule has 18 heavy (non-hydrogen) atoms. The third kappa shape index (κ3) is 3.39. The second-order valence-electron chi connectivity index (χ2n) is 4.40. The first-order chi connectivity index (χ1) is 8.42. The van der Waals surface area contributed by atoms with E-state index in [2.05, 4.69) is 15.5 Å². The highest BCUT2D eigenvalue weighted by atomic mass is 32.1. The first kappa shape index (κ1) is 14.8. The Hall–Kier alpha value is -1.21. The molecule has 1 rings (SSSR count). The number of carbonyl (C=O) groups excluding carboxylic acids is 1. The Morgan fingerprint density at radius 2 is 2.28 bits per heavy atom. The van der Waals surface area contributed by atoms with Crippen molar-refractivity contribution in [2.45, 2.75) is 52.3 Å². The highest BCUT2D eigenvalue weighted by Crippen LogP contribution is 2.11. The Labute approximate surface area is 111 Å². The van der Waals surface area contributed by atoms with Crippen molar-refractivity contribution in [2.24, 2.45) is 0 Å². The van der Waals surface area contributed by atoms with Crippen LogP contribution >= 0.6 is 12.2 Å². The molecule has 0 saturated heterocycles. The molecule has 102 valence electrons. The molecule has 0 aliphatic rings. The largest absolute Gasteiger partial charge is 0.380 e. The van der Waals surface area contributed by atoms with Gasteiger partial charge in [-0.05, 0) is 32.5 Å². The smallest absolute Gasteiger partial charge is 0.252 e. The molecule has 7 heteroatoms. The van der Waals surface area contributed by atoms with Crippen molar-refractivity contribution in [3.8, 4) is 0 Å². The number of aromatic amines is 1. The van der Waals surface area contributed by atoms with Crippen molar-refractivity contribution in [3.63, 3.8) is 0 Å². The van der Waals surface area contributed by atoms with Crippen molar-refractivity contribution in [3.05, 3.63) is 10.6 Å². The molecule has 0 aromatic carbocycles. The Morgan fingerprint density at radius 1 is 1.61 bits per heavy atom. The Morgan fingerprint density at radius 3 is 2.83 bits per heavy atom. The van der Waals surface area contributed by atoms with E-state index in [0.29, 0.717) is 23.6 Å². The average Bonchev–Trinajstić information content (AvgIpc) is 2.66. The van der Waals surface area contributed by atoms with Gasteiger partial charge in [0.05, 0.1) is 6.54 Å². The summed E-state index contributed by atoms with van der Waals surface area (Å²) in [4.78, 5) is 11.8. The molecular weight excluding hydrogens is 252 g/mol. The molecule has 0 bridgehead atoms. The van der Waals surface area contributed by atoms with Crippen molar-refractivity contribution in [1.82, 2.24) is 20.1 Å². The van der Waals surface area contributed by atoms with Gasteiger partial charge in [-0.15, -0.1) is 0 Å². The van der Waals surface area contributed by atoms with Crippen LogP contribution < -0.4 is 5.32 Å². The summed E-state index contributed by atoms with van der Waals surface area (Å²) in [7, 11) is 0. The number of amides is 1. The second kappa shape index (κ2) is 6.10. The van der Waals surface area contributed by atoms with Gasteiger partial charge >= 0.3 is 0 Å². The van der Waals surface area contributed by atoms with E-state index in [1.165, 1.54) is 6.92 Å². The zero-order chi connectivity index (χ0) is 13.8. The first-order valence-electron chi connectivity index (χ1n) is 6.07. The van der Waals surface area contributed by atoms with Gasteiger partial charge in [0.15, 0.2) is 10.6 Å². The minimum Gasteiger partial charge on any atom is -0.380 e. The van der Waals surface area contributed by atoms with Gasteiger partial charge in [0, 0.05) is 6.54 Å². The molecule has 0 saturated carbocycles. The van der Waals surface area contributed by atoms with Gasteiger partial charge in [-0.3, -0.25) is 9.89 Å². The molecule has 1 amide bonds. The molecule has 3 N–H and O–H groups in total. The van der Waals surface area contributed by atoms with Crippen LogP contribution in [0.2, 0.25) is 0 Å². The Bertz CT molecular complexity index is 464. The minimum atomic E-state index is -1.33. The summed E-state index contributed by atoms with van der Waals surface area (Å²) in [5, 5.41) is 19.3. The monoisotopic (exact) mass is 272 g/mol.